The summed E-state index contributed by atoms with van der Waals surface area (Å²) in [6.45, 7) is 1.71. The normalized spacial score (nSPS) is 23.4. The lowest BCUT2D eigenvalue weighted by molar-refractivity contribution is -0.134. The first-order chi connectivity index (χ1) is 16.0. The zero-order valence-corrected chi connectivity index (χ0v) is 19.1. The number of carbonyl (C=O) groups is 2. The molecule has 2 aromatic rings. The highest BCUT2D eigenvalue weighted by molar-refractivity contribution is 6.33. The van der Waals surface area contributed by atoms with Crippen LogP contribution in [0.5, 0.6) is 5.75 Å². The van der Waals surface area contributed by atoms with Crippen molar-refractivity contribution < 1.29 is 19.4 Å². The molecule has 5 rings (SSSR count). The van der Waals surface area contributed by atoms with Crippen LogP contribution in [0, 0.1) is 5.92 Å². The quantitative estimate of drug-likeness (QED) is 0.588. The SMILES string of the molecule is O=C(O)c1cc(Cl)c2c(c1)[C@@H]1C=CC[C@@H]1[C@H](c1ccc(OCC(=O)N3CCCCC3)cc1)N2. The number of hydrogen-bond acceptors (Lipinski definition) is 4. The van der Waals surface area contributed by atoms with Gasteiger partial charge in [0, 0.05) is 19.0 Å². The number of amides is 1. The first kappa shape index (κ1) is 21.8. The molecule has 0 spiro atoms. The number of aromatic carboxylic acids is 1. The summed E-state index contributed by atoms with van der Waals surface area (Å²) in [4.78, 5) is 25.7. The first-order valence-electron chi connectivity index (χ1n) is 11.5. The van der Waals surface area contributed by atoms with Crippen LogP contribution in [0.3, 0.4) is 0 Å². The molecule has 172 valence electrons. The highest BCUT2D eigenvalue weighted by Crippen LogP contribution is 2.51. The van der Waals surface area contributed by atoms with Crippen LogP contribution < -0.4 is 10.1 Å². The van der Waals surface area contributed by atoms with E-state index in [1.54, 1.807) is 6.07 Å². The molecule has 1 saturated heterocycles. The van der Waals surface area contributed by atoms with Gasteiger partial charge in [0.05, 0.1) is 22.3 Å². The van der Waals surface area contributed by atoms with Crippen molar-refractivity contribution >= 4 is 29.2 Å². The molecule has 2 N–H and O–H groups in total. The van der Waals surface area contributed by atoms with E-state index in [1.807, 2.05) is 29.2 Å². The van der Waals surface area contributed by atoms with Gasteiger partial charge in [0.1, 0.15) is 5.75 Å². The number of carboxylic acids is 1. The van der Waals surface area contributed by atoms with Crippen LogP contribution in [-0.4, -0.2) is 41.6 Å². The fraction of sp³-hybridized carbons (Fsp3) is 0.385. The molecule has 0 saturated carbocycles. The third-order valence-corrected chi connectivity index (χ3v) is 7.28. The van der Waals surface area contributed by atoms with Crippen LogP contribution in [-0.2, 0) is 4.79 Å². The Morgan fingerprint density at radius 3 is 2.61 bits per heavy atom. The van der Waals surface area contributed by atoms with Crippen LogP contribution in [0.15, 0.2) is 48.6 Å². The van der Waals surface area contributed by atoms with Crippen molar-refractivity contribution in [2.24, 2.45) is 5.92 Å². The van der Waals surface area contributed by atoms with E-state index in [0.717, 1.165) is 49.2 Å². The van der Waals surface area contributed by atoms with E-state index in [9.17, 15) is 14.7 Å². The molecule has 2 aliphatic heterocycles. The Hall–Kier alpha value is -2.99. The minimum absolute atomic E-state index is 0.0368. The van der Waals surface area contributed by atoms with Gasteiger partial charge in [0.15, 0.2) is 6.61 Å². The maximum absolute atomic E-state index is 12.4. The van der Waals surface area contributed by atoms with Gasteiger partial charge in [-0.1, -0.05) is 35.9 Å². The Morgan fingerprint density at radius 1 is 1.12 bits per heavy atom. The molecule has 3 aliphatic rings. The van der Waals surface area contributed by atoms with E-state index in [0.29, 0.717) is 10.8 Å². The number of benzene rings is 2. The molecule has 1 fully saturated rings. The van der Waals surface area contributed by atoms with Gasteiger partial charge < -0.3 is 20.1 Å². The van der Waals surface area contributed by atoms with E-state index in [-0.39, 0.29) is 36.0 Å². The van der Waals surface area contributed by atoms with Gasteiger partial charge in [0.2, 0.25) is 0 Å². The number of carbonyl (C=O) groups excluding carboxylic acids is 1. The molecule has 2 heterocycles. The largest absolute Gasteiger partial charge is 0.484 e. The number of fused-ring (bicyclic) bond motifs is 3. The third kappa shape index (κ3) is 4.32. The van der Waals surface area contributed by atoms with Gasteiger partial charge in [-0.3, -0.25) is 4.79 Å². The van der Waals surface area contributed by atoms with E-state index in [2.05, 4.69) is 17.5 Å². The van der Waals surface area contributed by atoms with E-state index in [1.165, 1.54) is 12.5 Å². The lowest BCUT2D eigenvalue weighted by atomic mass is 9.76. The van der Waals surface area contributed by atoms with Crippen LogP contribution in [0.1, 0.15) is 59.1 Å². The summed E-state index contributed by atoms with van der Waals surface area (Å²) in [7, 11) is 0. The molecule has 1 amide bonds. The van der Waals surface area contributed by atoms with Crippen molar-refractivity contribution in [3.8, 4) is 5.75 Å². The van der Waals surface area contributed by atoms with Crippen LogP contribution >= 0.6 is 11.6 Å². The monoisotopic (exact) mass is 466 g/mol. The summed E-state index contributed by atoms with van der Waals surface area (Å²) in [5.74, 6) is 0.117. The molecule has 6 nitrogen and oxygen atoms in total. The Morgan fingerprint density at radius 2 is 1.88 bits per heavy atom. The summed E-state index contributed by atoms with van der Waals surface area (Å²) in [6, 6.07) is 11.1. The number of anilines is 1. The predicted molar refractivity (Wildman–Crippen MR) is 127 cm³/mol. The summed E-state index contributed by atoms with van der Waals surface area (Å²) < 4.78 is 5.76. The van der Waals surface area contributed by atoms with E-state index >= 15 is 0 Å². The number of likely N-dealkylation sites (tertiary alicyclic amines) is 1. The molecule has 7 heteroatoms. The number of allylic oxidation sites excluding steroid dienone is 2. The number of hydrogen-bond donors (Lipinski definition) is 2. The first-order valence-corrected chi connectivity index (χ1v) is 11.9. The van der Waals surface area contributed by atoms with Crippen molar-refractivity contribution in [2.45, 2.75) is 37.6 Å². The second-order valence-electron chi connectivity index (χ2n) is 9.00. The van der Waals surface area contributed by atoms with Crippen LogP contribution in [0.25, 0.3) is 0 Å². The standard InChI is InChI=1S/C26H27ClN2O4/c27-22-14-17(26(31)32)13-21-19-5-4-6-20(19)24(28-25(21)22)16-7-9-18(10-8-16)33-15-23(30)29-11-2-1-3-12-29/h4-5,7-10,13-14,19-20,24,28H,1-3,6,11-12,15H2,(H,31,32)/t19-,20+,24+/m1/s1. The van der Waals surface area contributed by atoms with Gasteiger partial charge in [-0.05, 0) is 67.0 Å². The zero-order chi connectivity index (χ0) is 22.9. The number of piperidine rings is 1. The molecular weight excluding hydrogens is 440 g/mol. The molecule has 33 heavy (non-hydrogen) atoms. The average Bonchev–Trinajstić information content (AvgIpc) is 3.33. The molecule has 0 radical (unpaired) electrons. The van der Waals surface area contributed by atoms with Crippen LogP contribution in [0.4, 0.5) is 5.69 Å². The molecule has 0 unspecified atom stereocenters. The van der Waals surface area contributed by atoms with Crippen molar-refractivity contribution in [3.05, 3.63) is 70.3 Å². The second kappa shape index (κ2) is 9.10. The Balaban J connectivity index is 1.32. The van der Waals surface area contributed by atoms with Crippen molar-refractivity contribution in [1.82, 2.24) is 4.90 Å². The molecule has 0 aromatic heterocycles. The maximum atomic E-state index is 12.4. The fourth-order valence-corrected chi connectivity index (χ4v) is 5.54. The van der Waals surface area contributed by atoms with Gasteiger partial charge in [0.25, 0.3) is 5.91 Å². The van der Waals surface area contributed by atoms with Gasteiger partial charge >= 0.3 is 5.97 Å². The molecule has 0 bridgehead atoms. The summed E-state index contributed by atoms with van der Waals surface area (Å²) in [5.41, 5.74) is 3.05. The van der Waals surface area contributed by atoms with Gasteiger partial charge in [-0.2, -0.15) is 0 Å². The lowest BCUT2D eigenvalue weighted by Crippen LogP contribution is -2.38. The Bertz CT molecular complexity index is 1090. The summed E-state index contributed by atoms with van der Waals surface area (Å²) in [5, 5.41) is 13.4. The van der Waals surface area contributed by atoms with E-state index in [4.69, 9.17) is 16.3 Å². The van der Waals surface area contributed by atoms with Crippen molar-refractivity contribution in [1.29, 1.82) is 0 Å². The molecule has 1 aliphatic carbocycles. The molecular formula is C26H27ClN2O4. The number of ether oxygens (including phenoxy) is 1. The zero-order valence-electron chi connectivity index (χ0n) is 18.3. The summed E-state index contributed by atoms with van der Waals surface area (Å²) in [6.07, 6.45) is 8.54. The minimum Gasteiger partial charge on any atom is -0.484 e. The third-order valence-electron chi connectivity index (χ3n) is 6.98. The number of nitrogens with one attached hydrogen (secondary N) is 1. The average molecular weight is 467 g/mol. The number of nitrogens with zero attached hydrogens (tertiary/aromatic N) is 1. The maximum Gasteiger partial charge on any atom is 0.335 e. The molecule has 2 aromatic carbocycles. The number of halogens is 1. The minimum atomic E-state index is -0.977. The second-order valence-corrected chi connectivity index (χ2v) is 9.41. The van der Waals surface area contributed by atoms with Crippen molar-refractivity contribution in [3.63, 3.8) is 0 Å². The Kier molecular flexibility index (Phi) is 6.02. The summed E-state index contributed by atoms with van der Waals surface area (Å²) >= 11 is 6.49. The highest BCUT2D eigenvalue weighted by Gasteiger charge is 2.39. The van der Waals surface area contributed by atoms with Crippen molar-refractivity contribution in [2.75, 3.05) is 25.0 Å². The smallest absolute Gasteiger partial charge is 0.335 e. The Labute approximate surface area is 198 Å². The predicted octanol–water partition coefficient (Wildman–Crippen LogP) is 5.26. The highest BCUT2D eigenvalue weighted by atomic mass is 35.5. The van der Waals surface area contributed by atoms with Gasteiger partial charge in [-0.15, -0.1) is 0 Å². The lowest BCUT2D eigenvalue weighted by Gasteiger charge is -2.38. The number of carboxylic acid groups (broad SMARTS) is 1. The topological polar surface area (TPSA) is 78.9 Å². The number of rotatable bonds is 5. The van der Waals surface area contributed by atoms with E-state index < -0.39 is 5.97 Å². The fourth-order valence-electron chi connectivity index (χ4n) is 5.26. The molecule has 3 atom stereocenters. The van der Waals surface area contributed by atoms with Gasteiger partial charge in [-0.25, -0.2) is 4.79 Å². The van der Waals surface area contributed by atoms with Crippen LogP contribution in [0.2, 0.25) is 5.02 Å².